The summed E-state index contributed by atoms with van der Waals surface area (Å²) in [5, 5.41) is 2.13. The van der Waals surface area contributed by atoms with E-state index in [0.29, 0.717) is 6.54 Å². The summed E-state index contributed by atoms with van der Waals surface area (Å²) in [6.07, 6.45) is 2.39. The van der Waals surface area contributed by atoms with Crippen molar-refractivity contribution in [1.82, 2.24) is 10.4 Å². The van der Waals surface area contributed by atoms with E-state index >= 15 is 0 Å². The van der Waals surface area contributed by atoms with Crippen molar-refractivity contribution in [3.05, 3.63) is 60.7 Å². The highest BCUT2D eigenvalue weighted by Crippen LogP contribution is 2.24. The van der Waals surface area contributed by atoms with Crippen LogP contribution in [0.3, 0.4) is 0 Å². The molecule has 2 aromatic rings. The highest BCUT2D eigenvalue weighted by Gasteiger charge is 2.19. The van der Waals surface area contributed by atoms with Gasteiger partial charge < -0.3 is 0 Å². The number of carbonyl (C=O) groups is 1. The van der Waals surface area contributed by atoms with Crippen molar-refractivity contribution < 1.29 is 4.79 Å². The van der Waals surface area contributed by atoms with Crippen LogP contribution >= 0.6 is 0 Å². The van der Waals surface area contributed by atoms with Gasteiger partial charge in [-0.1, -0.05) is 36.4 Å². The number of hydrogen-bond donors (Lipinski definition) is 1. The number of hydrogen-bond acceptors (Lipinski definition) is 3. The normalized spacial score (nSPS) is 14.9. The highest BCUT2D eigenvalue weighted by atomic mass is 16.2. The van der Waals surface area contributed by atoms with Crippen LogP contribution in [-0.2, 0) is 4.79 Å². The summed E-state index contributed by atoms with van der Waals surface area (Å²) in [6.45, 7) is 2.34. The summed E-state index contributed by atoms with van der Waals surface area (Å²) >= 11 is 0. The zero-order chi connectivity index (χ0) is 15.2. The van der Waals surface area contributed by atoms with E-state index in [1.54, 1.807) is 4.90 Å². The molecule has 22 heavy (non-hydrogen) atoms. The lowest BCUT2D eigenvalue weighted by molar-refractivity contribution is -0.117. The number of hydrazine groups is 1. The molecule has 0 radical (unpaired) electrons. The molecule has 1 heterocycles. The van der Waals surface area contributed by atoms with Gasteiger partial charge in [0.1, 0.15) is 0 Å². The second-order valence-corrected chi connectivity index (χ2v) is 5.43. The second kappa shape index (κ2) is 7.20. The first-order chi connectivity index (χ1) is 10.8. The lowest BCUT2D eigenvalue weighted by Crippen LogP contribution is -2.43. The van der Waals surface area contributed by atoms with Gasteiger partial charge in [-0.25, -0.2) is 10.4 Å². The fourth-order valence-corrected chi connectivity index (χ4v) is 2.72. The molecule has 1 aliphatic rings. The van der Waals surface area contributed by atoms with Gasteiger partial charge in [-0.3, -0.25) is 9.69 Å². The Morgan fingerprint density at radius 3 is 1.91 bits per heavy atom. The van der Waals surface area contributed by atoms with Gasteiger partial charge in [-0.05, 0) is 37.1 Å². The summed E-state index contributed by atoms with van der Waals surface area (Å²) in [5.74, 6) is 0.0456. The van der Waals surface area contributed by atoms with Crippen LogP contribution in [-0.4, -0.2) is 30.6 Å². The van der Waals surface area contributed by atoms with Gasteiger partial charge in [0.05, 0.1) is 6.54 Å². The van der Waals surface area contributed by atoms with E-state index in [-0.39, 0.29) is 5.91 Å². The van der Waals surface area contributed by atoms with Crippen molar-refractivity contribution in [2.45, 2.75) is 12.8 Å². The van der Waals surface area contributed by atoms with Gasteiger partial charge in [-0.2, -0.15) is 0 Å². The van der Waals surface area contributed by atoms with Crippen LogP contribution in [0, 0.1) is 0 Å². The third-order valence-electron chi connectivity index (χ3n) is 3.84. The van der Waals surface area contributed by atoms with E-state index < -0.39 is 0 Å². The summed E-state index contributed by atoms with van der Waals surface area (Å²) in [7, 11) is 0. The quantitative estimate of drug-likeness (QED) is 0.921. The molecule has 1 N–H and O–H groups in total. The average Bonchev–Trinajstić information content (AvgIpc) is 3.09. The standard InChI is InChI=1S/C18H21N3O/c22-18(15-19-20-13-7-8-14-20)21(16-9-3-1-4-10-16)17-11-5-2-6-12-17/h1-6,9-12,19H,7-8,13-15H2. The molecule has 0 bridgehead atoms. The fraction of sp³-hybridized carbons (Fsp3) is 0.278. The topological polar surface area (TPSA) is 35.6 Å². The molecule has 1 saturated heterocycles. The van der Waals surface area contributed by atoms with Gasteiger partial charge in [0.2, 0.25) is 5.91 Å². The Kier molecular flexibility index (Phi) is 4.83. The SMILES string of the molecule is O=C(CNN1CCCC1)N(c1ccccc1)c1ccccc1. The van der Waals surface area contributed by atoms with E-state index in [9.17, 15) is 4.79 Å². The molecule has 1 aliphatic heterocycles. The zero-order valence-electron chi connectivity index (χ0n) is 12.6. The molecule has 2 aromatic carbocycles. The monoisotopic (exact) mass is 295 g/mol. The minimum atomic E-state index is 0.0456. The van der Waals surface area contributed by atoms with Crippen LogP contribution in [0.1, 0.15) is 12.8 Å². The number of amides is 1. The van der Waals surface area contributed by atoms with Crippen molar-refractivity contribution in [2.75, 3.05) is 24.5 Å². The molecule has 0 aliphatic carbocycles. The maximum Gasteiger partial charge on any atom is 0.246 e. The van der Waals surface area contributed by atoms with Crippen LogP contribution in [0.2, 0.25) is 0 Å². The summed E-state index contributed by atoms with van der Waals surface area (Å²) in [4.78, 5) is 14.5. The molecule has 0 aromatic heterocycles. The number of nitrogens with one attached hydrogen (secondary N) is 1. The molecule has 0 spiro atoms. The number of rotatable bonds is 5. The first-order valence-corrected chi connectivity index (χ1v) is 7.76. The highest BCUT2D eigenvalue weighted by molar-refractivity contribution is 6.01. The summed E-state index contributed by atoms with van der Waals surface area (Å²) in [5.41, 5.74) is 5.02. The Morgan fingerprint density at radius 1 is 0.909 bits per heavy atom. The predicted octanol–water partition coefficient (Wildman–Crippen LogP) is 2.95. The molecular weight excluding hydrogens is 274 g/mol. The molecule has 4 heteroatoms. The Labute approximate surface area is 131 Å². The minimum Gasteiger partial charge on any atom is -0.280 e. The van der Waals surface area contributed by atoms with Crippen molar-refractivity contribution in [3.8, 4) is 0 Å². The number of para-hydroxylation sites is 2. The Bertz CT molecular complexity index is 555. The molecule has 4 nitrogen and oxygen atoms in total. The molecule has 0 atom stereocenters. The van der Waals surface area contributed by atoms with E-state index in [1.165, 1.54) is 12.8 Å². The number of anilines is 2. The Balaban J connectivity index is 1.77. The lowest BCUT2D eigenvalue weighted by Gasteiger charge is -2.25. The molecule has 3 rings (SSSR count). The van der Waals surface area contributed by atoms with Crippen LogP contribution in [0.25, 0.3) is 0 Å². The predicted molar refractivity (Wildman–Crippen MR) is 88.8 cm³/mol. The van der Waals surface area contributed by atoms with E-state index in [4.69, 9.17) is 0 Å². The number of benzene rings is 2. The molecule has 114 valence electrons. The second-order valence-electron chi connectivity index (χ2n) is 5.43. The van der Waals surface area contributed by atoms with Gasteiger partial charge >= 0.3 is 0 Å². The van der Waals surface area contributed by atoms with Crippen LogP contribution in [0.4, 0.5) is 11.4 Å². The average molecular weight is 295 g/mol. The summed E-state index contributed by atoms with van der Waals surface area (Å²) in [6, 6.07) is 19.6. The Hall–Kier alpha value is -2.17. The van der Waals surface area contributed by atoms with Gasteiger partial charge in [0, 0.05) is 24.5 Å². The van der Waals surface area contributed by atoms with Crippen molar-refractivity contribution in [1.29, 1.82) is 0 Å². The lowest BCUT2D eigenvalue weighted by atomic mass is 10.2. The van der Waals surface area contributed by atoms with Crippen molar-refractivity contribution in [2.24, 2.45) is 0 Å². The van der Waals surface area contributed by atoms with Crippen LogP contribution in [0.5, 0.6) is 0 Å². The van der Waals surface area contributed by atoms with Gasteiger partial charge in [-0.15, -0.1) is 0 Å². The van der Waals surface area contributed by atoms with E-state index in [2.05, 4.69) is 10.4 Å². The van der Waals surface area contributed by atoms with Gasteiger partial charge in [0.15, 0.2) is 0 Å². The largest absolute Gasteiger partial charge is 0.280 e. The van der Waals surface area contributed by atoms with E-state index in [0.717, 1.165) is 24.5 Å². The molecule has 0 unspecified atom stereocenters. The van der Waals surface area contributed by atoms with Crippen LogP contribution < -0.4 is 10.3 Å². The maximum absolute atomic E-state index is 12.7. The molecule has 1 amide bonds. The zero-order valence-corrected chi connectivity index (χ0v) is 12.6. The number of nitrogens with zero attached hydrogens (tertiary/aromatic N) is 2. The molecular formula is C18H21N3O. The van der Waals surface area contributed by atoms with Gasteiger partial charge in [0.25, 0.3) is 0 Å². The molecule has 1 fully saturated rings. The number of carbonyl (C=O) groups excluding carboxylic acids is 1. The fourth-order valence-electron chi connectivity index (χ4n) is 2.72. The minimum absolute atomic E-state index is 0.0456. The Morgan fingerprint density at radius 2 is 1.41 bits per heavy atom. The molecule has 0 saturated carbocycles. The summed E-state index contributed by atoms with van der Waals surface area (Å²) < 4.78 is 0. The van der Waals surface area contributed by atoms with E-state index in [1.807, 2.05) is 60.7 Å². The first-order valence-electron chi connectivity index (χ1n) is 7.76. The van der Waals surface area contributed by atoms with Crippen molar-refractivity contribution >= 4 is 17.3 Å². The smallest absolute Gasteiger partial charge is 0.246 e. The third-order valence-corrected chi connectivity index (χ3v) is 3.84. The first kappa shape index (κ1) is 14.8. The van der Waals surface area contributed by atoms with Crippen LogP contribution in [0.15, 0.2) is 60.7 Å². The maximum atomic E-state index is 12.7. The van der Waals surface area contributed by atoms with Crippen molar-refractivity contribution in [3.63, 3.8) is 0 Å². The third kappa shape index (κ3) is 3.53.